The normalized spacial score (nSPS) is 15.5. The van der Waals surface area contributed by atoms with E-state index in [9.17, 15) is 9.18 Å². The van der Waals surface area contributed by atoms with Crippen LogP contribution in [0.4, 0.5) is 4.39 Å². The molecule has 0 bridgehead atoms. The Morgan fingerprint density at radius 3 is 2.74 bits per heavy atom. The van der Waals surface area contributed by atoms with E-state index in [0.717, 1.165) is 26.9 Å². The van der Waals surface area contributed by atoms with E-state index in [-0.39, 0.29) is 5.91 Å². The first kappa shape index (κ1) is 20.0. The number of carbonyl (C=O) groups is 1. The summed E-state index contributed by atoms with van der Waals surface area (Å²) in [6.07, 6.45) is 1.56. The molecular formula is C23H16BrClFN3O2. The van der Waals surface area contributed by atoms with Crippen molar-refractivity contribution >= 4 is 44.5 Å². The molecule has 156 valence electrons. The van der Waals surface area contributed by atoms with Gasteiger partial charge in [-0.25, -0.2) is 9.37 Å². The van der Waals surface area contributed by atoms with E-state index in [1.807, 2.05) is 30.3 Å². The molecule has 0 saturated carbocycles. The number of nitrogens with zero attached hydrogens (tertiary/aromatic N) is 2. The van der Waals surface area contributed by atoms with E-state index in [4.69, 9.17) is 16.3 Å². The molecule has 0 saturated heterocycles. The van der Waals surface area contributed by atoms with E-state index in [1.54, 1.807) is 18.3 Å². The molecule has 4 aromatic rings. The third-order valence-electron chi connectivity index (χ3n) is 5.53. The maximum absolute atomic E-state index is 14.2. The molecule has 1 atom stereocenters. The molecule has 0 radical (unpaired) electrons. The van der Waals surface area contributed by atoms with Crippen molar-refractivity contribution in [1.82, 2.24) is 14.9 Å². The monoisotopic (exact) mass is 499 g/mol. The van der Waals surface area contributed by atoms with Gasteiger partial charge >= 0.3 is 0 Å². The first-order chi connectivity index (χ1) is 15.0. The third-order valence-corrected chi connectivity index (χ3v) is 6.53. The van der Waals surface area contributed by atoms with Crippen LogP contribution in [0, 0.1) is 5.82 Å². The Balaban J connectivity index is 1.70. The second-order valence-corrected chi connectivity index (χ2v) is 8.56. The first-order valence-electron chi connectivity index (χ1n) is 9.52. The number of halogens is 3. The predicted octanol–water partition coefficient (Wildman–Crippen LogP) is 5.87. The van der Waals surface area contributed by atoms with E-state index < -0.39 is 11.9 Å². The van der Waals surface area contributed by atoms with Crippen LogP contribution in [0.2, 0.25) is 5.02 Å². The summed E-state index contributed by atoms with van der Waals surface area (Å²) in [7, 11) is 1.60. The number of imidazole rings is 1. The van der Waals surface area contributed by atoms with E-state index in [2.05, 4.69) is 25.9 Å². The van der Waals surface area contributed by atoms with Crippen LogP contribution >= 0.6 is 27.5 Å². The second-order valence-electron chi connectivity index (χ2n) is 7.30. The Morgan fingerprint density at radius 1 is 1.23 bits per heavy atom. The lowest BCUT2D eigenvalue weighted by atomic mass is 9.96. The van der Waals surface area contributed by atoms with Crippen molar-refractivity contribution in [3.8, 4) is 5.75 Å². The second kappa shape index (κ2) is 7.66. The summed E-state index contributed by atoms with van der Waals surface area (Å²) in [5.41, 5.74) is 3.98. The quantitative estimate of drug-likeness (QED) is 0.381. The lowest BCUT2D eigenvalue weighted by molar-refractivity contribution is 0.0737. The first-order valence-corrected chi connectivity index (χ1v) is 10.7. The molecule has 1 aliphatic rings. The molecule has 5 rings (SSSR count). The number of rotatable bonds is 4. The van der Waals surface area contributed by atoms with Crippen molar-refractivity contribution in [2.75, 3.05) is 7.11 Å². The van der Waals surface area contributed by atoms with Gasteiger partial charge in [0.2, 0.25) is 0 Å². The van der Waals surface area contributed by atoms with Crippen LogP contribution < -0.4 is 4.74 Å². The number of H-pyrrole nitrogens is 1. The molecule has 0 spiro atoms. The van der Waals surface area contributed by atoms with E-state index >= 15 is 0 Å². The number of hydrogen-bond acceptors (Lipinski definition) is 3. The Kier molecular flexibility index (Phi) is 4.95. The van der Waals surface area contributed by atoms with Gasteiger partial charge in [0.1, 0.15) is 17.1 Å². The number of ether oxygens (including phenoxy) is 1. The van der Waals surface area contributed by atoms with Gasteiger partial charge in [-0.2, -0.15) is 0 Å². The number of methoxy groups -OCH3 is 1. The van der Waals surface area contributed by atoms with Crippen molar-refractivity contribution in [3.05, 3.63) is 92.4 Å². The number of benzene rings is 3. The van der Waals surface area contributed by atoms with Crippen molar-refractivity contribution in [2.45, 2.75) is 12.6 Å². The minimum atomic E-state index is -0.566. The molecule has 1 unspecified atom stereocenters. The van der Waals surface area contributed by atoms with Gasteiger partial charge in [0, 0.05) is 27.2 Å². The van der Waals surface area contributed by atoms with Gasteiger partial charge in [0.05, 0.1) is 30.6 Å². The SMILES string of the molecule is COc1ccc(CN2C(=O)c3c(c(Br)cc4[nH]cnc34)C2c2cc(F)ccc2Cl)cc1. The van der Waals surface area contributed by atoms with Crippen molar-refractivity contribution < 1.29 is 13.9 Å². The highest BCUT2D eigenvalue weighted by atomic mass is 79.9. The summed E-state index contributed by atoms with van der Waals surface area (Å²) in [6.45, 7) is 0.313. The van der Waals surface area contributed by atoms with Crippen LogP contribution in [0.15, 0.2) is 59.3 Å². The zero-order chi connectivity index (χ0) is 21.7. The minimum absolute atomic E-state index is 0.186. The number of nitrogens with one attached hydrogen (secondary N) is 1. The average Bonchev–Trinajstić information content (AvgIpc) is 3.33. The number of aromatic amines is 1. The zero-order valence-electron chi connectivity index (χ0n) is 16.3. The maximum atomic E-state index is 14.2. The van der Waals surface area contributed by atoms with E-state index in [0.29, 0.717) is 28.2 Å². The standard InChI is InChI=1S/C23H16BrClFN3O2/c1-31-14-5-2-12(3-6-14)10-29-22(15-8-13(26)4-7-17(15)25)19-16(24)9-18-21(28-11-27-18)20(19)23(29)30/h2-9,11,22H,10H2,1H3,(H,27,28). The number of hydrogen-bond donors (Lipinski definition) is 1. The number of fused-ring (bicyclic) bond motifs is 3. The van der Waals surface area contributed by atoms with Gasteiger partial charge in [0.15, 0.2) is 0 Å². The van der Waals surface area contributed by atoms with Gasteiger partial charge in [-0.3, -0.25) is 4.79 Å². The lowest BCUT2D eigenvalue weighted by Gasteiger charge is -2.27. The van der Waals surface area contributed by atoms with Crippen LogP contribution in [0.5, 0.6) is 5.75 Å². The molecule has 3 aromatic carbocycles. The highest BCUT2D eigenvalue weighted by Gasteiger charge is 2.42. The Labute approximate surface area is 190 Å². The van der Waals surface area contributed by atoms with Crippen LogP contribution in [-0.2, 0) is 6.54 Å². The van der Waals surface area contributed by atoms with Gasteiger partial charge < -0.3 is 14.6 Å². The molecule has 1 aromatic heterocycles. The summed E-state index contributed by atoms with van der Waals surface area (Å²) in [4.78, 5) is 22.8. The molecule has 1 N–H and O–H groups in total. The topological polar surface area (TPSA) is 58.2 Å². The summed E-state index contributed by atoms with van der Waals surface area (Å²) in [5.74, 6) is 0.127. The zero-order valence-corrected chi connectivity index (χ0v) is 18.7. The summed E-state index contributed by atoms with van der Waals surface area (Å²) >= 11 is 10.1. The fraction of sp³-hybridized carbons (Fsp3) is 0.130. The lowest BCUT2D eigenvalue weighted by Crippen LogP contribution is -2.28. The molecule has 0 aliphatic carbocycles. The molecule has 8 heteroatoms. The van der Waals surface area contributed by atoms with Crippen molar-refractivity contribution in [3.63, 3.8) is 0 Å². The fourth-order valence-corrected chi connectivity index (χ4v) is 4.97. The summed E-state index contributed by atoms with van der Waals surface area (Å²) in [5, 5.41) is 0.390. The average molecular weight is 501 g/mol. The number of aromatic nitrogens is 2. The van der Waals surface area contributed by atoms with Crippen molar-refractivity contribution in [2.24, 2.45) is 0 Å². The Morgan fingerprint density at radius 2 is 2.00 bits per heavy atom. The largest absolute Gasteiger partial charge is 0.497 e. The van der Waals surface area contributed by atoms with E-state index in [1.165, 1.54) is 18.2 Å². The summed E-state index contributed by atoms with van der Waals surface area (Å²) in [6, 6.07) is 13.0. The maximum Gasteiger partial charge on any atom is 0.257 e. The van der Waals surface area contributed by atoms with Gasteiger partial charge in [-0.15, -0.1) is 0 Å². The van der Waals surface area contributed by atoms with Gasteiger partial charge in [-0.05, 0) is 42.0 Å². The van der Waals surface area contributed by atoms with Gasteiger partial charge in [-0.1, -0.05) is 39.7 Å². The summed E-state index contributed by atoms with van der Waals surface area (Å²) < 4.78 is 20.2. The molecule has 5 nitrogen and oxygen atoms in total. The molecule has 1 aliphatic heterocycles. The van der Waals surface area contributed by atoms with Crippen LogP contribution in [-0.4, -0.2) is 27.9 Å². The van der Waals surface area contributed by atoms with Crippen molar-refractivity contribution in [1.29, 1.82) is 0 Å². The van der Waals surface area contributed by atoms with Crippen LogP contribution in [0.3, 0.4) is 0 Å². The minimum Gasteiger partial charge on any atom is -0.497 e. The molecule has 2 heterocycles. The number of amides is 1. The molecular weight excluding hydrogens is 485 g/mol. The van der Waals surface area contributed by atoms with Crippen LogP contribution in [0.25, 0.3) is 11.0 Å². The van der Waals surface area contributed by atoms with Crippen LogP contribution in [0.1, 0.15) is 33.1 Å². The molecule has 31 heavy (non-hydrogen) atoms. The Bertz CT molecular complexity index is 1320. The predicted molar refractivity (Wildman–Crippen MR) is 120 cm³/mol. The smallest absolute Gasteiger partial charge is 0.257 e. The third kappa shape index (κ3) is 3.28. The highest BCUT2D eigenvalue weighted by molar-refractivity contribution is 9.10. The Hall–Kier alpha value is -2.90. The molecule has 0 fully saturated rings. The number of carbonyl (C=O) groups excluding carboxylic acids is 1. The molecule has 1 amide bonds. The fourth-order valence-electron chi connectivity index (χ4n) is 4.10. The van der Waals surface area contributed by atoms with Gasteiger partial charge in [0.25, 0.3) is 5.91 Å². The highest BCUT2D eigenvalue weighted by Crippen LogP contribution is 2.47.